The molecule has 3 nitrogen and oxygen atoms in total. The molecule has 0 fully saturated rings. The number of halogens is 2. The minimum atomic E-state index is -0.636. The first-order valence-corrected chi connectivity index (χ1v) is 4.95. The maximum absolute atomic E-state index is 13.5. The summed E-state index contributed by atoms with van der Waals surface area (Å²) in [5, 5.41) is 4.18. The Hall–Kier alpha value is -1.68. The SMILES string of the molecule is Cn1ccc(C(=O)c2ccc(Cl)cc2F)n1. The van der Waals surface area contributed by atoms with Crippen molar-refractivity contribution in [2.24, 2.45) is 7.05 Å². The molecule has 0 unspecified atom stereocenters. The van der Waals surface area contributed by atoms with Crippen molar-refractivity contribution in [3.63, 3.8) is 0 Å². The van der Waals surface area contributed by atoms with Crippen LogP contribution in [0.1, 0.15) is 16.1 Å². The van der Waals surface area contributed by atoms with E-state index in [0.29, 0.717) is 0 Å². The molecule has 0 saturated carbocycles. The van der Waals surface area contributed by atoms with E-state index < -0.39 is 11.6 Å². The van der Waals surface area contributed by atoms with E-state index in [0.717, 1.165) is 6.07 Å². The molecule has 0 radical (unpaired) electrons. The Labute approximate surface area is 96.5 Å². The highest BCUT2D eigenvalue weighted by Gasteiger charge is 2.16. The van der Waals surface area contributed by atoms with Crippen molar-refractivity contribution < 1.29 is 9.18 Å². The van der Waals surface area contributed by atoms with Gasteiger partial charge in [-0.2, -0.15) is 5.10 Å². The minimum Gasteiger partial charge on any atom is -0.287 e. The summed E-state index contributed by atoms with van der Waals surface area (Å²) in [6.45, 7) is 0. The fraction of sp³-hybridized carbons (Fsp3) is 0.0909. The number of hydrogen-bond acceptors (Lipinski definition) is 2. The van der Waals surface area contributed by atoms with E-state index in [-0.39, 0.29) is 16.3 Å². The Morgan fingerprint density at radius 3 is 2.75 bits per heavy atom. The number of aryl methyl sites for hydroxylation is 1. The third kappa shape index (κ3) is 1.97. The number of hydrogen-bond donors (Lipinski definition) is 0. The molecular formula is C11H8ClFN2O. The molecule has 82 valence electrons. The van der Waals surface area contributed by atoms with Crippen molar-refractivity contribution in [2.75, 3.05) is 0 Å². The topological polar surface area (TPSA) is 34.9 Å². The molecule has 0 spiro atoms. The van der Waals surface area contributed by atoms with Crippen LogP contribution in [0.2, 0.25) is 5.02 Å². The van der Waals surface area contributed by atoms with Gasteiger partial charge in [-0.15, -0.1) is 0 Å². The van der Waals surface area contributed by atoms with Crippen LogP contribution in [-0.2, 0) is 7.05 Å². The molecule has 1 heterocycles. The summed E-state index contributed by atoms with van der Waals surface area (Å²) in [6, 6.07) is 5.48. The number of nitrogens with zero attached hydrogens (tertiary/aromatic N) is 2. The smallest absolute Gasteiger partial charge is 0.216 e. The summed E-state index contributed by atoms with van der Waals surface area (Å²) >= 11 is 5.60. The van der Waals surface area contributed by atoms with Crippen LogP contribution in [-0.4, -0.2) is 15.6 Å². The summed E-state index contributed by atoms with van der Waals surface area (Å²) in [5.74, 6) is -1.09. The van der Waals surface area contributed by atoms with Crippen molar-refractivity contribution in [2.45, 2.75) is 0 Å². The average molecular weight is 239 g/mol. The Morgan fingerprint density at radius 2 is 2.19 bits per heavy atom. The fourth-order valence-corrected chi connectivity index (χ4v) is 1.51. The van der Waals surface area contributed by atoms with Gasteiger partial charge in [0.2, 0.25) is 5.78 Å². The average Bonchev–Trinajstić information content (AvgIpc) is 2.64. The zero-order valence-electron chi connectivity index (χ0n) is 8.45. The highest BCUT2D eigenvalue weighted by Crippen LogP contribution is 2.17. The van der Waals surface area contributed by atoms with Gasteiger partial charge in [-0.05, 0) is 24.3 Å². The second kappa shape index (κ2) is 4.06. The van der Waals surface area contributed by atoms with Gasteiger partial charge < -0.3 is 0 Å². The number of ketones is 1. The van der Waals surface area contributed by atoms with Crippen LogP contribution in [0, 0.1) is 5.82 Å². The highest BCUT2D eigenvalue weighted by atomic mass is 35.5. The van der Waals surface area contributed by atoms with E-state index in [2.05, 4.69) is 5.10 Å². The van der Waals surface area contributed by atoms with E-state index in [1.54, 1.807) is 13.2 Å². The summed E-state index contributed by atoms with van der Waals surface area (Å²) in [5.41, 5.74) is 0.187. The van der Waals surface area contributed by atoms with Gasteiger partial charge in [-0.1, -0.05) is 11.6 Å². The van der Waals surface area contributed by atoms with Gasteiger partial charge in [0, 0.05) is 18.3 Å². The van der Waals surface area contributed by atoms with Gasteiger partial charge in [-0.25, -0.2) is 4.39 Å². The maximum atomic E-state index is 13.5. The largest absolute Gasteiger partial charge is 0.287 e. The first-order valence-electron chi connectivity index (χ1n) is 4.57. The van der Waals surface area contributed by atoms with Crippen LogP contribution in [0.3, 0.4) is 0 Å². The molecule has 0 aliphatic carbocycles. The van der Waals surface area contributed by atoms with Crippen molar-refractivity contribution in [3.8, 4) is 0 Å². The molecule has 0 bridgehead atoms. The highest BCUT2D eigenvalue weighted by molar-refractivity contribution is 6.30. The lowest BCUT2D eigenvalue weighted by atomic mass is 10.1. The number of aromatic nitrogens is 2. The predicted octanol–water partition coefficient (Wildman–Crippen LogP) is 2.44. The number of rotatable bonds is 2. The van der Waals surface area contributed by atoms with Gasteiger partial charge in [-0.3, -0.25) is 9.48 Å². The van der Waals surface area contributed by atoms with Gasteiger partial charge >= 0.3 is 0 Å². The van der Waals surface area contributed by atoms with Gasteiger partial charge in [0.25, 0.3) is 0 Å². The van der Waals surface area contributed by atoms with Crippen molar-refractivity contribution in [3.05, 3.63) is 52.6 Å². The minimum absolute atomic E-state index is 0.0249. The van der Waals surface area contributed by atoms with E-state index >= 15 is 0 Å². The number of carbonyl (C=O) groups is 1. The molecular weight excluding hydrogens is 231 g/mol. The van der Waals surface area contributed by atoms with Crippen LogP contribution >= 0.6 is 11.6 Å². The second-order valence-corrected chi connectivity index (χ2v) is 3.76. The standard InChI is InChI=1S/C11H8ClFN2O/c1-15-5-4-10(14-15)11(16)8-3-2-7(12)6-9(8)13/h2-6H,1H3. The molecule has 0 amide bonds. The predicted molar refractivity (Wildman–Crippen MR) is 58.1 cm³/mol. The van der Waals surface area contributed by atoms with Crippen LogP contribution in [0.4, 0.5) is 4.39 Å². The third-order valence-corrected chi connectivity index (χ3v) is 2.36. The zero-order valence-corrected chi connectivity index (χ0v) is 9.20. The molecule has 0 aliphatic rings. The van der Waals surface area contributed by atoms with E-state index in [1.165, 1.54) is 22.9 Å². The second-order valence-electron chi connectivity index (χ2n) is 3.33. The van der Waals surface area contributed by atoms with Crippen molar-refractivity contribution in [1.29, 1.82) is 0 Å². The molecule has 0 N–H and O–H groups in total. The van der Waals surface area contributed by atoms with E-state index in [1.807, 2.05) is 0 Å². The van der Waals surface area contributed by atoms with Crippen molar-refractivity contribution in [1.82, 2.24) is 9.78 Å². The maximum Gasteiger partial charge on any atom is 0.216 e. The number of benzene rings is 1. The lowest BCUT2D eigenvalue weighted by Crippen LogP contribution is -2.05. The molecule has 5 heteroatoms. The summed E-state index contributed by atoms with van der Waals surface area (Å²) in [4.78, 5) is 11.8. The molecule has 2 aromatic rings. The lowest BCUT2D eigenvalue weighted by Gasteiger charge is -2.00. The quantitative estimate of drug-likeness (QED) is 0.754. The Balaban J connectivity index is 2.41. The summed E-state index contributed by atoms with van der Waals surface area (Å²) in [7, 11) is 1.69. The Kier molecular flexibility index (Phi) is 2.75. The molecule has 0 aliphatic heterocycles. The van der Waals surface area contributed by atoms with Crippen molar-refractivity contribution >= 4 is 17.4 Å². The van der Waals surface area contributed by atoms with Gasteiger partial charge in [0.05, 0.1) is 5.56 Å². The summed E-state index contributed by atoms with van der Waals surface area (Å²) in [6.07, 6.45) is 1.63. The van der Waals surface area contributed by atoms with Crippen LogP contribution in [0.5, 0.6) is 0 Å². The number of carbonyl (C=O) groups excluding carboxylic acids is 1. The van der Waals surface area contributed by atoms with E-state index in [4.69, 9.17) is 11.6 Å². The molecule has 2 rings (SSSR count). The summed E-state index contributed by atoms with van der Waals surface area (Å²) < 4.78 is 14.9. The fourth-order valence-electron chi connectivity index (χ4n) is 1.35. The third-order valence-electron chi connectivity index (χ3n) is 2.12. The van der Waals surface area contributed by atoms with Gasteiger partial charge in [0.15, 0.2) is 0 Å². The monoisotopic (exact) mass is 238 g/mol. The molecule has 16 heavy (non-hydrogen) atoms. The first-order chi connectivity index (χ1) is 7.58. The normalized spacial score (nSPS) is 10.4. The lowest BCUT2D eigenvalue weighted by molar-refractivity contribution is 0.103. The van der Waals surface area contributed by atoms with E-state index in [9.17, 15) is 9.18 Å². The van der Waals surface area contributed by atoms with Crippen LogP contribution in [0.25, 0.3) is 0 Å². The Morgan fingerprint density at radius 1 is 1.44 bits per heavy atom. The Bertz CT molecular complexity index is 551. The van der Waals surface area contributed by atoms with Gasteiger partial charge in [0.1, 0.15) is 11.5 Å². The molecule has 0 atom stereocenters. The molecule has 0 saturated heterocycles. The molecule has 1 aromatic carbocycles. The first kappa shape index (κ1) is 10.8. The molecule has 1 aromatic heterocycles. The van der Waals surface area contributed by atoms with Crippen LogP contribution in [0.15, 0.2) is 30.5 Å². The van der Waals surface area contributed by atoms with Crippen LogP contribution < -0.4 is 0 Å². The zero-order chi connectivity index (χ0) is 11.7.